The molecule has 0 N–H and O–H groups in total. The van der Waals surface area contributed by atoms with E-state index in [0.717, 1.165) is 25.3 Å². The highest BCUT2D eigenvalue weighted by atomic mass is 32.1. The summed E-state index contributed by atoms with van der Waals surface area (Å²) >= 11 is 1.39. The second-order valence-electron chi connectivity index (χ2n) is 6.09. The van der Waals surface area contributed by atoms with Gasteiger partial charge < -0.3 is 4.90 Å². The van der Waals surface area contributed by atoms with E-state index >= 15 is 0 Å². The second kappa shape index (κ2) is 5.76. The molecule has 0 aliphatic heterocycles. The topological polar surface area (TPSA) is 59.0 Å². The van der Waals surface area contributed by atoms with Crippen molar-refractivity contribution in [1.82, 2.24) is 19.9 Å². The van der Waals surface area contributed by atoms with Crippen LogP contribution in [0.1, 0.15) is 41.8 Å². The minimum absolute atomic E-state index is 0.135. The lowest BCUT2D eigenvalue weighted by Crippen LogP contribution is -2.45. The van der Waals surface area contributed by atoms with Crippen molar-refractivity contribution in [1.29, 1.82) is 0 Å². The number of hydrogen-bond acceptors (Lipinski definition) is 5. The van der Waals surface area contributed by atoms with E-state index in [9.17, 15) is 4.79 Å². The summed E-state index contributed by atoms with van der Waals surface area (Å²) < 4.78 is 0. The molecule has 0 unspecified atom stereocenters. The molecule has 0 aromatic carbocycles. The summed E-state index contributed by atoms with van der Waals surface area (Å²) in [5, 5.41) is 0.712. The summed E-state index contributed by atoms with van der Waals surface area (Å²) in [4.78, 5) is 28.4. The third-order valence-corrected chi connectivity index (χ3v) is 5.38. The van der Waals surface area contributed by atoms with E-state index in [1.54, 1.807) is 24.7 Å². The van der Waals surface area contributed by atoms with Gasteiger partial charge in [0.25, 0.3) is 5.91 Å². The van der Waals surface area contributed by atoms with Gasteiger partial charge in [-0.3, -0.25) is 4.79 Å². The molecule has 6 heteroatoms. The molecule has 2 aromatic rings. The largest absolute Gasteiger partial charge is 0.335 e. The quantitative estimate of drug-likeness (QED) is 0.851. The Kier molecular flexibility index (Phi) is 3.62. The first kappa shape index (κ1) is 13.8. The Bertz CT molecular complexity index is 664. The molecule has 0 radical (unpaired) electrons. The van der Waals surface area contributed by atoms with Gasteiger partial charge in [-0.15, -0.1) is 11.3 Å². The Hall–Kier alpha value is -1.82. The Morgan fingerprint density at radius 1 is 1.18 bits per heavy atom. The fourth-order valence-corrected chi connectivity index (χ4v) is 3.52. The average Bonchev–Trinajstić information content (AvgIpc) is 3.18. The zero-order valence-electron chi connectivity index (χ0n) is 12.3. The smallest absolute Gasteiger partial charge is 0.265 e. The SMILES string of the molecule is O=C(c1cnc(-c2ncccn2)s1)N(CC1CC1)C1CCC1. The van der Waals surface area contributed by atoms with Crippen molar-refractivity contribution in [3.63, 3.8) is 0 Å². The third-order valence-electron chi connectivity index (χ3n) is 4.40. The number of rotatable bonds is 5. The van der Waals surface area contributed by atoms with Crippen molar-refractivity contribution in [2.75, 3.05) is 6.54 Å². The summed E-state index contributed by atoms with van der Waals surface area (Å²) in [7, 11) is 0. The van der Waals surface area contributed by atoms with Crippen LogP contribution in [0.4, 0.5) is 0 Å². The van der Waals surface area contributed by atoms with Gasteiger partial charge in [0, 0.05) is 25.0 Å². The van der Waals surface area contributed by atoms with Gasteiger partial charge in [0.15, 0.2) is 10.8 Å². The Balaban J connectivity index is 1.54. The highest BCUT2D eigenvalue weighted by molar-refractivity contribution is 7.16. The van der Waals surface area contributed by atoms with Crippen molar-refractivity contribution in [3.8, 4) is 10.8 Å². The van der Waals surface area contributed by atoms with Crippen LogP contribution in [0, 0.1) is 5.92 Å². The van der Waals surface area contributed by atoms with Crippen molar-refractivity contribution < 1.29 is 4.79 Å². The predicted octanol–water partition coefficient (Wildman–Crippen LogP) is 3.00. The molecule has 114 valence electrons. The number of thiazole rings is 1. The highest BCUT2D eigenvalue weighted by Crippen LogP contribution is 2.35. The first-order valence-corrected chi connectivity index (χ1v) is 8.67. The molecular weight excluding hydrogens is 296 g/mol. The monoisotopic (exact) mass is 314 g/mol. The number of carbonyl (C=O) groups excluding carboxylic acids is 1. The number of hydrogen-bond donors (Lipinski definition) is 0. The van der Waals surface area contributed by atoms with Crippen molar-refractivity contribution in [2.24, 2.45) is 5.92 Å². The molecule has 5 nitrogen and oxygen atoms in total. The maximum absolute atomic E-state index is 12.8. The molecule has 0 atom stereocenters. The Morgan fingerprint density at radius 2 is 1.95 bits per heavy atom. The zero-order chi connectivity index (χ0) is 14.9. The summed E-state index contributed by atoms with van der Waals surface area (Å²) in [6.45, 7) is 0.915. The van der Waals surface area contributed by atoms with E-state index in [-0.39, 0.29) is 5.91 Å². The summed E-state index contributed by atoms with van der Waals surface area (Å²) in [5.74, 6) is 1.44. The van der Waals surface area contributed by atoms with Gasteiger partial charge >= 0.3 is 0 Å². The Labute approximate surface area is 133 Å². The van der Waals surface area contributed by atoms with Gasteiger partial charge in [-0.05, 0) is 44.1 Å². The average molecular weight is 314 g/mol. The first-order valence-electron chi connectivity index (χ1n) is 7.85. The normalized spacial score (nSPS) is 18.0. The van der Waals surface area contributed by atoms with Crippen LogP contribution in [0.5, 0.6) is 0 Å². The van der Waals surface area contributed by atoms with Crippen molar-refractivity contribution in [3.05, 3.63) is 29.5 Å². The molecule has 0 bridgehead atoms. The number of carbonyl (C=O) groups is 1. The molecule has 2 aliphatic carbocycles. The van der Waals surface area contributed by atoms with E-state index in [0.29, 0.717) is 21.8 Å². The summed E-state index contributed by atoms with van der Waals surface area (Å²) in [6.07, 6.45) is 11.1. The lowest BCUT2D eigenvalue weighted by atomic mass is 9.91. The van der Waals surface area contributed by atoms with Crippen LogP contribution in [-0.2, 0) is 0 Å². The minimum Gasteiger partial charge on any atom is -0.335 e. The summed E-state index contributed by atoms with van der Waals surface area (Å²) in [5.41, 5.74) is 0. The van der Waals surface area contributed by atoms with Crippen LogP contribution in [0.15, 0.2) is 24.7 Å². The number of amides is 1. The molecule has 2 saturated carbocycles. The number of nitrogens with zero attached hydrogens (tertiary/aromatic N) is 4. The van der Waals surface area contributed by atoms with Crippen LogP contribution >= 0.6 is 11.3 Å². The molecule has 2 heterocycles. The van der Waals surface area contributed by atoms with Crippen LogP contribution in [0.25, 0.3) is 10.8 Å². The maximum atomic E-state index is 12.8. The standard InChI is InChI=1S/C16H18N4OS/c21-16(20(10-11-5-6-11)12-3-1-4-12)13-9-19-15(22-13)14-17-7-2-8-18-14/h2,7-9,11-12H,1,3-6,10H2. The fraction of sp³-hybridized carbons (Fsp3) is 0.500. The van der Waals surface area contributed by atoms with E-state index in [4.69, 9.17) is 0 Å². The van der Waals surface area contributed by atoms with Gasteiger partial charge in [-0.2, -0.15) is 0 Å². The van der Waals surface area contributed by atoms with Gasteiger partial charge in [0.05, 0.1) is 6.20 Å². The third kappa shape index (κ3) is 2.75. The molecule has 22 heavy (non-hydrogen) atoms. The second-order valence-corrected chi connectivity index (χ2v) is 7.12. The van der Waals surface area contributed by atoms with Gasteiger partial charge in [0.2, 0.25) is 0 Å². The molecule has 2 aromatic heterocycles. The highest BCUT2D eigenvalue weighted by Gasteiger charge is 2.34. The Morgan fingerprint density at radius 3 is 2.59 bits per heavy atom. The molecule has 2 fully saturated rings. The van der Waals surface area contributed by atoms with E-state index < -0.39 is 0 Å². The lowest BCUT2D eigenvalue weighted by Gasteiger charge is -2.37. The molecule has 1 amide bonds. The van der Waals surface area contributed by atoms with Crippen molar-refractivity contribution in [2.45, 2.75) is 38.1 Å². The minimum atomic E-state index is 0.135. The number of aromatic nitrogens is 3. The fourth-order valence-electron chi connectivity index (χ4n) is 2.70. The maximum Gasteiger partial charge on any atom is 0.265 e. The van der Waals surface area contributed by atoms with Gasteiger partial charge in [0.1, 0.15) is 4.88 Å². The van der Waals surface area contributed by atoms with Crippen molar-refractivity contribution >= 4 is 17.2 Å². The van der Waals surface area contributed by atoms with Crippen LogP contribution in [-0.4, -0.2) is 38.3 Å². The van der Waals surface area contributed by atoms with Gasteiger partial charge in [-0.25, -0.2) is 15.0 Å². The molecule has 4 rings (SSSR count). The van der Waals surface area contributed by atoms with E-state index in [1.165, 1.54) is 30.6 Å². The molecule has 0 saturated heterocycles. The summed E-state index contributed by atoms with van der Waals surface area (Å²) in [6, 6.07) is 2.21. The molecule has 0 spiro atoms. The van der Waals surface area contributed by atoms with Crippen LogP contribution in [0.2, 0.25) is 0 Å². The van der Waals surface area contributed by atoms with E-state index in [1.807, 2.05) is 0 Å². The zero-order valence-corrected chi connectivity index (χ0v) is 13.1. The first-order chi connectivity index (χ1) is 10.8. The predicted molar refractivity (Wildman–Crippen MR) is 84.5 cm³/mol. The molecular formula is C16H18N4OS. The van der Waals surface area contributed by atoms with E-state index in [2.05, 4.69) is 19.9 Å². The van der Waals surface area contributed by atoms with Crippen LogP contribution in [0.3, 0.4) is 0 Å². The van der Waals surface area contributed by atoms with Gasteiger partial charge in [-0.1, -0.05) is 0 Å². The van der Waals surface area contributed by atoms with Crippen LogP contribution < -0.4 is 0 Å². The lowest BCUT2D eigenvalue weighted by molar-refractivity contribution is 0.0571. The molecule has 2 aliphatic rings.